The maximum atomic E-state index is 12.7. The lowest BCUT2D eigenvalue weighted by atomic mass is 10.1. The summed E-state index contributed by atoms with van der Waals surface area (Å²) >= 11 is 0. The topological polar surface area (TPSA) is 49.4 Å². The van der Waals surface area contributed by atoms with Crippen LogP contribution in [0.25, 0.3) is 0 Å². The predicted octanol–water partition coefficient (Wildman–Crippen LogP) is 2.13. The molecule has 4 heteroatoms. The number of hydrogen-bond acceptors (Lipinski definition) is 3. The van der Waals surface area contributed by atoms with Gasteiger partial charge < -0.3 is 5.32 Å². The van der Waals surface area contributed by atoms with Gasteiger partial charge in [-0.1, -0.05) is 25.1 Å². The summed E-state index contributed by atoms with van der Waals surface area (Å²) in [6.45, 7) is 5.43. The first-order chi connectivity index (χ1) is 9.65. The van der Waals surface area contributed by atoms with Crippen molar-refractivity contribution in [1.82, 2.24) is 10.2 Å². The number of benzene rings is 1. The van der Waals surface area contributed by atoms with Gasteiger partial charge in [-0.25, -0.2) is 0 Å². The van der Waals surface area contributed by atoms with E-state index in [4.69, 9.17) is 0 Å². The van der Waals surface area contributed by atoms with Crippen LogP contribution in [-0.4, -0.2) is 35.8 Å². The van der Waals surface area contributed by atoms with Crippen molar-refractivity contribution in [3.05, 3.63) is 35.4 Å². The van der Waals surface area contributed by atoms with E-state index in [9.17, 15) is 9.59 Å². The van der Waals surface area contributed by atoms with Crippen molar-refractivity contribution in [2.45, 2.75) is 39.2 Å². The second-order valence-corrected chi connectivity index (χ2v) is 5.28. The monoisotopic (exact) mass is 274 g/mol. The first kappa shape index (κ1) is 14.7. The summed E-state index contributed by atoms with van der Waals surface area (Å²) in [5.41, 5.74) is 1.54. The van der Waals surface area contributed by atoms with Crippen molar-refractivity contribution in [2.75, 3.05) is 13.1 Å². The molecule has 2 rings (SSSR count). The van der Waals surface area contributed by atoms with Crippen LogP contribution < -0.4 is 5.32 Å². The van der Waals surface area contributed by atoms with Gasteiger partial charge in [0, 0.05) is 18.5 Å². The summed E-state index contributed by atoms with van der Waals surface area (Å²) < 4.78 is 0. The molecule has 0 radical (unpaired) electrons. The summed E-state index contributed by atoms with van der Waals surface area (Å²) in [5, 5.41) is 3.22. The Hall–Kier alpha value is -1.68. The maximum Gasteiger partial charge on any atom is 0.261 e. The van der Waals surface area contributed by atoms with Gasteiger partial charge in [0.2, 0.25) is 5.91 Å². The molecule has 1 N–H and O–H groups in total. The molecule has 1 saturated heterocycles. The third-order valence-corrected chi connectivity index (χ3v) is 3.73. The molecule has 1 aliphatic heterocycles. The van der Waals surface area contributed by atoms with Crippen LogP contribution in [0.2, 0.25) is 0 Å². The fourth-order valence-corrected chi connectivity index (χ4v) is 2.62. The average Bonchev–Trinajstić information content (AvgIpc) is 2.93. The molecular formula is C16H22N2O2. The van der Waals surface area contributed by atoms with E-state index in [1.54, 1.807) is 6.07 Å². The molecule has 20 heavy (non-hydrogen) atoms. The summed E-state index contributed by atoms with van der Waals surface area (Å²) in [7, 11) is 0. The molecule has 1 aromatic carbocycles. The van der Waals surface area contributed by atoms with Gasteiger partial charge in [0.1, 0.15) is 0 Å². The van der Waals surface area contributed by atoms with Gasteiger partial charge >= 0.3 is 0 Å². The van der Waals surface area contributed by atoms with Gasteiger partial charge in [0.25, 0.3) is 5.91 Å². The minimum atomic E-state index is -0.157. The Balaban J connectivity index is 2.28. The van der Waals surface area contributed by atoms with Crippen molar-refractivity contribution in [2.24, 2.45) is 0 Å². The van der Waals surface area contributed by atoms with Gasteiger partial charge in [0.05, 0.1) is 6.04 Å². The van der Waals surface area contributed by atoms with Crippen LogP contribution in [-0.2, 0) is 4.79 Å². The van der Waals surface area contributed by atoms with Gasteiger partial charge in [-0.05, 0) is 37.9 Å². The lowest BCUT2D eigenvalue weighted by Crippen LogP contribution is -2.45. The number of hydrogen-bond donors (Lipinski definition) is 1. The second-order valence-electron chi connectivity index (χ2n) is 5.28. The average molecular weight is 274 g/mol. The van der Waals surface area contributed by atoms with Crippen LogP contribution in [0.15, 0.2) is 24.3 Å². The molecular weight excluding hydrogens is 252 g/mol. The molecule has 0 aromatic heterocycles. The summed E-state index contributed by atoms with van der Waals surface area (Å²) in [6, 6.07) is 7.44. The largest absolute Gasteiger partial charge is 0.315 e. The van der Waals surface area contributed by atoms with Crippen molar-refractivity contribution < 1.29 is 9.59 Å². The molecule has 1 heterocycles. The third kappa shape index (κ3) is 3.07. The van der Waals surface area contributed by atoms with E-state index < -0.39 is 0 Å². The van der Waals surface area contributed by atoms with E-state index in [-0.39, 0.29) is 17.9 Å². The van der Waals surface area contributed by atoms with Crippen LogP contribution >= 0.6 is 0 Å². The first-order valence-electron chi connectivity index (χ1n) is 7.28. The predicted molar refractivity (Wildman–Crippen MR) is 78.5 cm³/mol. The lowest BCUT2D eigenvalue weighted by Gasteiger charge is -2.27. The third-order valence-electron chi connectivity index (χ3n) is 3.73. The van der Waals surface area contributed by atoms with Crippen molar-refractivity contribution in [3.8, 4) is 0 Å². The molecule has 2 amide bonds. The highest BCUT2D eigenvalue weighted by atomic mass is 16.2. The molecule has 1 atom stereocenters. The number of nitrogens with zero attached hydrogens (tertiary/aromatic N) is 1. The molecule has 1 aromatic rings. The quantitative estimate of drug-likeness (QED) is 0.915. The van der Waals surface area contributed by atoms with Gasteiger partial charge in [0.15, 0.2) is 0 Å². The standard InChI is InChI=1S/C16H22N2O2/c1-3-6-15(19)18(13-9-10-17-11-13)16(20)14-8-5-4-7-12(14)2/h4-5,7-8,13,17H,3,6,9-11H2,1-2H3. The molecule has 4 nitrogen and oxygen atoms in total. The molecule has 0 bridgehead atoms. The van der Waals surface area contributed by atoms with E-state index in [1.165, 1.54) is 4.90 Å². The Morgan fingerprint density at radius 1 is 1.35 bits per heavy atom. The first-order valence-corrected chi connectivity index (χ1v) is 7.28. The van der Waals surface area contributed by atoms with Crippen molar-refractivity contribution >= 4 is 11.8 Å². The normalized spacial score (nSPS) is 18.0. The molecule has 0 aliphatic carbocycles. The van der Waals surface area contributed by atoms with Crippen LogP contribution in [0.1, 0.15) is 42.1 Å². The zero-order valence-corrected chi connectivity index (χ0v) is 12.2. The van der Waals surface area contributed by atoms with Crippen LogP contribution in [0, 0.1) is 6.92 Å². The highest BCUT2D eigenvalue weighted by Crippen LogP contribution is 2.17. The lowest BCUT2D eigenvalue weighted by molar-refractivity contribution is -0.130. The Bertz CT molecular complexity index is 493. The number of nitrogens with one attached hydrogen (secondary N) is 1. The van der Waals surface area contributed by atoms with Crippen molar-refractivity contribution in [3.63, 3.8) is 0 Å². The zero-order chi connectivity index (χ0) is 14.5. The Labute approximate surface area is 120 Å². The fraction of sp³-hybridized carbons (Fsp3) is 0.500. The molecule has 1 fully saturated rings. The van der Waals surface area contributed by atoms with Crippen LogP contribution in [0.3, 0.4) is 0 Å². The highest BCUT2D eigenvalue weighted by Gasteiger charge is 2.32. The van der Waals surface area contributed by atoms with Gasteiger partial charge in [-0.2, -0.15) is 0 Å². The fourth-order valence-electron chi connectivity index (χ4n) is 2.62. The Morgan fingerprint density at radius 2 is 2.10 bits per heavy atom. The van der Waals surface area contributed by atoms with Crippen LogP contribution in [0.5, 0.6) is 0 Å². The van der Waals surface area contributed by atoms with Crippen molar-refractivity contribution in [1.29, 1.82) is 0 Å². The Kier molecular flexibility index (Phi) is 4.90. The summed E-state index contributed by atoms with van der Waals surface area (Å²) in [4.78, 5) is 26.6. The SMILES string of the molecule is CCCC(=O)N(C(=O)c1ccccc1C)C1CCNC1. The summed E-state index contributed by atoms with van der Waals surface area (Å²) in [5.74, 6) is -0.218. The van der Waals surface area contributed by atoms with E-state index in [0.717, 1.165) is 24.9 Å². The number of carbonyl (C=O) groups excluding carboxylic acids is 2. The van der Waals surface area contributed by atoms with E-state index in [2.05, 4.69) is 5.32 Å². The van der Waals surface area contributed by atoms with Gasteiger partial charge in [-0.15, -0.1) is 0 Å². The molecule has 1 unspecified atom stereocenters. The van der Waals surface area contributed by atoms with E-state index >= 15 is 0 Å². The Morgan fingerprint density at radius 3 is 2.70 bits per heavy atom. The molecule has 1 aliphatic rings. The van der Waals surface area contributed by atoms with Gasteiger partial charge in [-0.3, -0.25) is 14.5 Å². The number of rotatable bonds is 4. The molecule has 0 spiro atoms. The smallest absolute Gasteiger partial charge is 0.261 e. The minimum Gasteiger partial charge on any atom is -0.315 e. The second kappa shape index (κ2) is 6.66. The highest BCUT2D eigenvalue weighted by molar-refractivity contribution is 6.05. The van der Waals surface area contributed by atoms with E-state index in [0.29, 0.717) is 18.5 Å². The zero-order valence-electron chi connectivity index (χ0n) is 12.2. The number of aryl methyl sites for hydroxylation is 1. The van der Waals surface area contributed by atoms with Crippen LogP contribution in [0.4, 0.5) is 0 Å². The number of carbonyl (C=O) groups is 2. The minimum absolute atomic E-state index is 0.0128. The maximum absolute atomic E-state index is 12.7. The number of imide groups is 1. The molecule has 0 saturated carbocycles. The summed E-state index contributed by atoms with van der Waals surface area (Å²) in [6.07, 6.45) is 2.03. The number of amides is 2. The molecule has 108 valence electrons. The van der Waals surface area contributed by atoms with E-state index in [1.807, 2.05) is 32.0 Å².